The summed E-state index contributed by atoms with van der Waals surface area (Å²) in [6.45, 7) is 6.83. The molecule has 7 heteroatoms. The first-order valence-corrected chi connectivity index (χ1v) is 12.4. The summed E-state index contributed by atoms with van der Waals surface area (Å²) in [4.78, 5) is 9.74. The SMILES string of the molecule is c1cc(CNCC2CC2)nc(OCC2CCC3CN(c4noc5ccccc45)CCN3C2)c1. The summed E-state index contributed by atoms with van der Waals surface area (Å²) in [5, 5.41) is 9.00. The highest BCUT2D eigenvalue weighted by atomic mass is 16.5. The first-order valence-electron chi connectivity index (χ1n) is 12.4. The van der Waals surface area contributed by atoms with Crippen molar-refractivity contribution in [1.82, 2.24) is 20.4 Å². The molecule has 4 heterocycles. The second-order valence-corrected chi connectivity index (χ2v) is 9.89. The van der Waals surface area contributed by atoms with Gasteiger partial charge in [0.05, 0.1) is 17.7 Å². The van der Waals surface area contributed by atoms with E-state index in [2.05, 4.69) is 44.5 Å². The number of benzene rings is 1. The number of ether oxygens (including phenoxy) is 1. The molecule has 1 aromatic carbocycles. The highest BCUT2D eigenvalue weighted by Crippen LogP contribution is 2.31. The average molecular weight is 448 g/mol. The number of piperazine rings is 1. The van der Waals surface area contributed by atoms with Crippen molar-refractivity contribution >= 4 is 16.8 Å². The lowest BCUT2D eigenvalue weighted by molar-refractivity contribution is 0.0716. The van der Waals surface area contributed by atoms with Gasteiger partial charge in [0.25, 0.3) is 0 Å². The number of para-hydroxylation sites is 1. The van der Waals surface area contributed by atoms with Crippen LogP contribution in [0.4, 0.5) is 5.82 Å². The van der Waals surface area contributed by atoms with Crippen molar-refractivity contribution < 1.29 is 9.26 Å². The third-order valence-electron chi connectivity index (χ3n) is 7.35. The van der Waals surface area contributed by atoms with Gasteiger partial charge < -0.3 is 19.5 Å². The topological polar surface area (TPSA) is 66.7 Å². The van der Waals surface area contributed by atoms with E-state index in [0.29, 0.717) is 12.0 Å². The normalized spacial score (nSPS) is 23.6. The van der Waals surface area contributed by atoms with E-state index in [-0.39, 0.29) is 0 Å². The van der Waals surface area contributed by atoms with Crippen molar-refractivity contribution in [1.29, 1.82) is 0 Å². The predicted molar refractivity (Wildman–Crippen MR) is 128 cm³/mol. The van der Waals surface area contributed by atoms with Gasteiger partial charge in [-0.25, -0.2) is 4.98 Å². The molecule has 2 unspecified atom stereocenters. The fourth-order valence-electron chi connectivity index (χ4n) is 5.25. The van der Waals surface area contributed by atoms with Crippen LogP contribution in [-0.4, -0.2) is 60.4 Å². The Balaban J connectivity index is 0.999. The van der Waals surface area contributed by atoms with E-state index < -0.39 is 0 Å². The monoisotopic (exact) mass is 447 g/mol. The summed E-state index contributed by atoms with van der Waals surface area (Å²) < 4.78 is 11.7. The van der Waals surface area contributed by atoms with Gasteiger partial charge in [-0.15, -0.1) is 0 Å². The van der Waals surface area contributed by atoms with E-state index in [0.717, 1.165) is 80.2 Å². The molecular formula is C26H33N5O2. The smallest absolute Gasteiger partial charge is 0.213 e. The number of hydrogen-bond donors (Lipinski definition) is 1. The largest absolute Gasteiger partial charge is 0.477 e. The van der Waals surface area contributed by atoms with Crippen molar-refractivity contribution in [3.63, 3.8) is 0 Å². The minimum atomic E-state index is 0.555. The third kappa shape index (κ3) is 4.84. The summed E-state index contributed by atoms with van der Waals surface area (Å²) in [7, 11) is 0. The number of anilines is 1. The zero-order valence-corrected chi connectivity index (χ0v) is 19.2. The van der Waals surface area contributed by atoms with E-state index >= 15 is 0 Å². The molecule has 2 aliphatic heterocycles. The Labute approximate surface area is 195 Å². The average Bonchev–Trinajstić information content (AvgIpc) is 3.58. The standard InChI is InChI=1S/C26H33N5O2/c1-2-6-24-23(5-1)26(29-33-24)31-13-12-30-16-20(10-11-22(30)17-31)18-32-25-7-3-4-21(28-25)15-27-14-19-8-9-19/h1-7,19-20,22,27H,8-18H2. The summed E-state index contributed by atoms with van der Waals surface area (Å²) in [5.41, 5.74) is 1.93. The van der Waals surface area contributed by atoms with Crippen LogP contribution in [0.25, 0.3) is 11.0 Å². The van der Waals surface area contributed by atoms with E-state index in [9.17, 15) is 0 Å². The Morgan fingerprint density at radius 3 is 2.82 bits per heavy atom. The van der Waals surface area contributed by atoms with Gasteiger partial charge in [-0.05, 0) is 56.3 Å². The summed E-state index contributed by atoms with van der Waals surface area (Å²) in [6.07, 6.45) is 5.13. The molecule has 2 atom stereocenters. The van der Waals surface area contributed by atoms with Gasteiger partial charge in [0.2, 0.25) is 5.88 Å². The lowest BCUT2D eigenvalue weighted by Crippen LogP contribution is -2.57. The van der Waals surface area contributed by atoms with Crippen LogP contribution in [-0.2, 0) is 6.54 Å². The Bertz CT molecular complexity index is 1080. The van der Waals surface area contributed by atoms with Gasteiger partial charge in [-0.2, -0.15) is 0 Å². The van der Waals surface area contributed by atoms with Gasteiger partial charge in [-0.1, -0.05) is 23.4 Å². The van der Waals surface area contributed by atoms with Crippen LogP contribution in [0.1, 0.15) is 31.4 Å². The summed E-state index contributed by atoms with van der Waals surface area (Å²) >= 11 is 0. The van der Waals surface area contributed by atoms with Crippen molar-refractivity contribution in [3.05, 3.63) is 48.2 Å². The molecule has 1 saturated carbocycles. The molecule has 2 aromatic heterocycles. The molecule has 1 N–H and O–H groups in total. The Kier molecular flexibility index (Phi) is 5.91. The zero-order valence-electron chi connectivity index (χ0n) is 19.2. The number of fused-ring (bicyclic) bond motifs is 2. The Morgan fingerprint density at radius 1 is 0.970 bits per heavy atom. The molecule has 3 aliphatic rings. The Hall–Kier alpha value is -2.64. The molecule has 3 aromatic rings. The summed E-state index contributed by atoms with van der Waals surface area (Å²) in [5.74, 6) is 3.19. The van der Waals surface area contributed by atoms with Crippen molar-refractivity contribution in [2.24, 2.45) is 11.8 Å². The van der Waals surface area contributed by atoms with Crippen LogP contribution in [0.2, 0.25) is 0 Å². The quantitative estimate of drug-likeness (QED) is 0.565. The van der Waals surface area contributed by atoms with Crippen LogP contribution in [0.3, 0.4) is 0 Å². The van der Waals surface area contributed by atoms with Crippen molar-refractivity contribution in [2.45, 2.75) is 38.3 Å². The second-order valence-electron chi connectivity index (χ2n) is 9.89. The number of aromatic nitrogens is 2. The molecule has 0 radical (unpaired) electrons. The van der Waals surface area contributed by atoms with Gasteiger partial charge in [-0.3, -0.25) is 4.90 Å². The maximum atomic E-state index is 6.14. The van der Waals surface area contributed by atoms with Gasteiger partial charge in [0, 0.05) is 50.7 Å². The molecule has 2 saturated heterocycles. The fourth-order valence-corrected chi connectivity index (χ4v) is 5.25. The molecule has 0 spiro atoms. The lowest BCUT2D eigenvalue weighted by atomic mass is 9.91. The van der Waals surface area contributed by atoms with Crippen LogP contribution >= 0.6 is 0 Å². The third-order valence-corrected chi connectivity index (χ3v) is 7.35. The van der Waals surface area contributed by atoms with Crippen molar-refractivity contribution in [2.75, 3.05) is 44.2 Å². The molecule has 3 fully saturated rings. The van der Waals surface area contributed by atoms with Crippen molar-refractivity contribution in [3.8, 4) is 5.88 Å². The molecule has 33 heavy (non-hydrogen) atoms. The second kappa shape index (κ2) is 9.31. The van der Waals surface area contributed by atoms with E-state index in [1.54, 1.807) is 0 Å². The van der Waals surface area contributed by atoms with E-state index in [1.807, 2.05) is 18.2 Å². The van der Waals surface area contributed by atoms with Crippen LogP contribution < -0.4 is 15.0 Å². The predicted octanol–water partition coefficient (Wildman–Crippen LogP) is 3.70. The molecule has 1 aliphatic carbocycles. The molecule has 6 rings (SSSR count). The molecule has 0 amide bonds. The first-order chi connectivity index (χ1) is 16.3. The number of nitrogens with one attached hydrogen (secondary N) is 1. The number of hydrogen-bond acceptors (Lipinski definition) is 7. The number of nitrogens with zero attached hydrogens (tertiary/aromatic N) is 4. The minimum Gasteiger partial charge on any atom is -0.477 e. The van der Waals surface area contributed by atoms with E-state index in [1.165, 1.54) is 25.7 Å². The molecule has 174 valence electrons. The first kappa shape index (κ1) is 20.9. The van der Waals surface area contributed by atoms with Gasteiger partial charge in [0.1, 0.15) is 0 Å². The maximum absolute atomic E-state index is 6.14. The highest BCUT2D eigenvalue weighted by Gasteiger charge is 2.34. The number of piperidine rings is 1. The molecular weight excluding hydrogens is 414 g/mol. The number of rotatable bonds is 8. The Morgan fingerprint density at radius 2 is 1.88 bits per heavy atom. The molecule has 0 bridgehead atoms. The van der Waals surface area contributed by atoms with Crippen LogP contribution in [0.5, 0.6) is 5.88 Å². The van der Waals surface area contributed by atoms with E-state index in [4.69, 9.17) is 14.2 Å². The lowest BCUT2D eigenvalue weighted by Gasteiger charge is -2.46. The number of pyridine rings is 1. The molecule has 7 nitrogen and oxygen atoms in total. The van der Waals surface area contributed by atoms with Crippen LogP contribution in [0, 0.1) is 11.8 Å². The van der Waals surface area contributed by atoms with Gasteiger partial charge >= 0.3 is 0 Å². The zero-order chi connectivity index (χ0) is 22.0. The summed E-state index contributed by atoms with van der Waals surface area (Å²) in [6, 6.07) is 14.8. The van der Waals surface area contributed by atoms with Gasteiger partial charge in [0.15, 0.2) is 11.4 Å². The highest BCUT2D eigenvalue weighted by molar-refractivity contribution is 5.88. The minimum absolute atomic E-state index is 0.555. The van der Waals surface area contributed by atoms with Crippen LogP contribution in [0.15, 0.2) is 47.0 Å². The fraction of sp³-hybridized carbons (Fsp3) is 0.538. The maximum Gasteiger partial charge on any atom is 0.213 e.